The Morgan fingerprint density at radius 3 is 2.36 bits per heavy atom. The fourth-order valence-corrected chi connectivity index (χ4v) is 4.38. The van der Waals surface area contributed by atoms with Crippen LogP contribution in [0, 0.1) is 19.8 Å². The molecular formula is C21H28N2O5. The van der Waals surface area contributed by atoms with Crippen molar-refractivity contribution in [2.24, 2.45) is 5.92 Å². The van der Waals surface area contributed by atoms with Crippen LogP contribution < -0.4 is 0 Å². The van der Waals surface area contributed by atoms with E-state index in [4.69, 9.17) is 9.47 Å². The molecule has 3 rings (SSSR count). The minimum Gasteiger partial charge on any atom is -0.465 e. The predicted octanol–water partition coefficient (Wildman–Crippen LogP) is 1.96. The van der Waals surface area contributed by atoms with Gasteiger partial charge in [0.15, 0.2) is 5.92 Å². The fraction of sp³-hybridized carbons (Fsp3) is 0.571. The van der Waals surface area contributed by atoms with E-state index in [9.17, 15) is 14.4 Å². The maximum Gasteiger partial charge on any atom is 0.322 e. The fourth-order valence-electron chi connectivity index (χ4n) is 4.38. The van der Waals surface area contributed by atoms with Crippen molar-refractivity contribution in [1.29, 1.82) is 0 Å². The van der Waals surface area contributed by atoms with E-state index < -0.39 is 23.9 Å². The predicted molar refractivity (Wildman–Crippen MR) is 102 cm³/mol. The van der Waals surface area contributed by atoms with Gasteiger partial charge in [0, 0.05) is 25.4 Å². The monoisotopic (exact) mass is 388 g/mol. The van der Waals surface area contributed by atoms with E-state index in [1.807, 2.05) is 31.0 Å². The van der Waals surface area contributed by atoms with Crippen LogP contribution in [0.3, 0.4) is 0 Å². The molecule has 1 aromatic rings. The molecule has 0 N–H and O–H groups in total. The van der Waals surface area contributed by atoms with Crippen LogP contribution in [-0.2, 0) is 23.9 Å². The van der Waals surface area contributed by atoms with E-state index in [1.165, 1.54) is 0 Å². The van der Waals surface area contributed by atoms with Gasteiger partial charge in [0.25, 0.3) is 0 Å². The van der Waals surface area contributed by atoms with Gasteiger partial charge in [-0.05, 0) is 38.8 Å². The zero-order valence-corrected chi connectivity index (χ0v) is 16.9. The van der Waals surface area contributed by atoms with Crippen LogP contribution in [0.15, 0.2) is 18.2 Å². The summed E-state index contributed by atoms with van der Waals surface area (Å²) in [5, 5.41) is 3.55. The van der Waals surface area contributed by atoms with Crippen molar-refractivity contribution in [2.45, 2.75) is 46.1 Å². The summed E-state index contributed by atoms with van der Waals surface area (Å²) in [5.74, 6) is -2.69. The topological polar surface area (TPSA) is 76.2 Å². The zero-order chi connectivity index (χ0) is 20.4. The van der Waals surface area contributed by atoms with Crippen molar-refractivity contribution in [3.63, 3.8) is 0 Å². The van der Waals surface area contributed by atoms with Crippen molar-refractivity contribution in [2.75, 3.05) is 26.3 Å². The average Bonchev–Trinajstić information content (AvgIpc) is 3.16. The molecule has 0 saturated carbocycles. The zero-order valence-electron chi connectivity index (χ0n) is 16.9. The standard InChI is InChI=1S/C21H28N2O5/c1-5-27-20(25)18(21(26)28-6-2)19-16(12-22-10-9-17(24)23(19)22)15-8-7-13(3)11-14(15)4/h7-8,11,16,18-19H,5-6,9-10,12H2,1-4H3/t16-,19+/m1/s1. The lowest BCUT2D eigenvalue weighted by Gasteiger charge is -2.32. The SMILES string of the molecule is CCOC(=O)C(C(=O)OCC)[C@@H]1[C@@H](c2ccc(C)cc2C)CN2CCC(=O)N12. The summed E-state index contributed by atoms with van der Waals surface area (Å²) in [6, 6.07) is 5.48. The Morgan fingerprint density at radius 1 is 1.14 bits per heavy atom. The molecule has 28 heavy (non-hydrogen) atoms. The molecule has 2 aliphatic rings. The number of hydrazine groups is 1. The number of rotatable bonds is 6. The van der Waals surface area contributed by atoms with Gasteiger partial charge >= 0.3 is 11.9 Å². The number of hydrogen-bond acceptors (Lipinski definition) is 6. The normalized spacial score (nSPS) is 21.9. The highest BCUT2D eigenvalue weighted by Gasteiger charge is 2.55. The Hall–Kier alpha value is -2.41. The van der Waals surface area contributed by atoms with Crippen LogP contribution >= 0.6 is 0 Å². The lowest BCUT2D eigenvalue weighted by molar-refractivity contribution is -0.167. The Morgan fingerprint density at radius 2 is 1.79 bits per heavy atom. The molecule has 0 unspecified atom stereocenters. The molecule has 7 nitrogen and oxygen atoms in total. The van der Waals surface area contributed by atoms with Crippen LogP contribution in [-0.4, -0.2) is 60.2 Å². The molecular weight excluding hydrogens is 360 g/mol. The van der Waals surface area contributed by atoms with E-state index in [-0.39, 0.29) is 25.0 Å². The van der Waals surface area contributed by atoms with Crippen LogP contribution in [0.4, 0.5) is 0 Å². The maximum absolute atomic E-state index is 12.8. The van der Waals surface area contributed by atoms with Crippen molar-refractivity contribution in [1.82, 2.24) is 10.0 Å². The van der Waals surface area contributed by atoms with Gasteiger partial charge in [-0.2, -0.15) is 0 Å². The lowest BCUT2D eigenvalue weighted by atomic mass is 9.82. The molecule has 0 aliphatic carbocycles. The van der Waals surface area contributed by atoms with Gasteiger partial charge in [0.1, 0.15) is 0 Å². The quantitative estimate of drug-likeness (QED) is 0.548. The number of benzene rings is 1. The van der Waals surface area contributed by atoms with Crippen molar-refractivity contribution in [3.8, 4) is 0 Å². The number of nitrogens with zero attached hydrogens (tertiary/aromatic N) is 2. The molecule has 0 bridgehead atoms. The van der Waals surface area contributed by atoms with Crippen LogP contribution in [0.25, 0.3) is 0 Å². The van der Waals surface area contributed by atoms with E-state index in [0.29, 0.717) is 19.5 Å². The number of hydrogen-bond donors (Lipinski definition) is 0. The molecule has 2 fully saturated rings. The van der Waals surface area contributed by atoms with Gasteiger partial charge in [0.05, 0.1) is 19.3 Å². The molecule has 0 aromatic heterocycles. The second-order valence-electron chi connectivity index (χ2n) is 7.34. The van der Waals surface area contributed by atoms with E-state index in [0.717, 1.165) is 16.7 Å². The second kappa shape index (κ2) is 8.31. The number of aryl methyl sites for hydroxylation is 2. The number of carbonyl (C=O) groups excluding carboxylic acids is 3. The van der Waals surface area contributed by atoms with Gasteiger partial charge in [-0.25, -0.2) is 5.01 Å². The molecule has 7 heteroatoms. The van der Waals surface area contributed by atoms with Gasteiger partial charge in [-0.1, -0.05) is 23.8 Å². The van der Waals surface area contributed by atoms with Crippen LogP contribution in [0.1, 0.15) is 42.9 Å². The Kier molecular flexibility index (Phi) is 6.03. The highest BCUT2D eigenvalue weighted by Crippen LogP contribution is 2.41. The first-order chi connectivity index (χ1) is 13.4. The minimum atomic E-state index is -1.17. The third kappa shape index (κ3) is 3.63. The molecule has 1 amide bonds. The second-order valence-corrected chi connectivity index (χ2v) is 7.34. The van der Waals surface area contributed by atoms with E-state index in [1.54, 1.807) is 18.9 Å². The lowest BCUT2D eigenvalue weighted by Crippen LogP contribution is -2.49. The molecule has 0 spiro atoms. The number of esters is 2. The molecule has 152 valence electrons. The van der Waals surface area contributed by atoms with Crippen LogP contribution in [0.5, 0.6) is 0 Å². The van der Waals surface area contributed by atoms with E-state index in [2.05, 4.69) is 6.07 Å². The summed E-state index contributed by atoms with van der Waals surface area (Å²) < 4.78 is 10.4. The van der Waals surface area contributed by atoms with Crippen molar-refractivity contribution < 1.29 is 23.9 Å². The van der Waals surface area contributed by atoms with Gasteiger partial charge in [0.2, 0.25) is 5.91 Å². The van der Waals surface area contributed by atoms with Crippen molar-refractivity contribution >= 4 is 17.8 Å². The van der Waals surface area contributed by atoms with E-state index >= 15 is 0 Å². The summed E-state index contributed by atoms with van der Waals surface area (Å²) >= 11 is 0. The first-order valence-corrected chi connectivity index (χ1v) is 9.86. The largest absolute Gasteiger partial charge is 0.465 e. The number of amides is 1. The average molecular weight is 388 g/mol. The number of carbonyl (C=O) groups is 3. The van der Waals surface area contributed by atoms with Gasteiger partial charge in [-0.15, -0.1) is 0 Å². The third-order valence-corrected chi connectivity index (χ3v) is 5.49. The molecule has 1 aromatic carbocycles. The summed E-state index contributed by atoms with van der Waals surface area (Å²) in [6.07, 6.45) is 0.383. The third-order valence-electron chi connectivity index (χ3n) is 5.49. The summed E-state index contributed by atoms with van der Waals surface area (Å²) in [7, 11) is 0. The molecule has 2 heterocycles. The smallest absolute Gasteiger partial charge is 0.322 e. The van der Waals surface area contributed by atoms with Gasteiger partial charge < -0.3 is 9.47 Å². The van der Waals surface area contributed by atoms with Crippen molar-refractivity contribution in [3.05, 3.63) is 34.9 Å². The van der Waals surface area contributed by atoms with Crippen LogP contribution in [0.2, 0.25) is 0 Å². The first kappa shape index (κ1) is 20.3. The maximum atomic E-state index is 12.8. The Bertz CT molecular complexity index is 760. The first-order valence-electron chi connectivity index (χ1n) is 9.86. The highest BCUT2D eigenvalue weighted by molar-refractivity contribution is 5.97. The molecule has 2 saturated heterocycles. The Balaban J connectivity index is 2.07. The molecule has 2 atom stereocenters. The summed E-state index contributed by atoms with van der Waals surface area (Å²) in [6.45, 7) is 8.93. The number of ether oxygens (including phenoxy) is 2. The highest BCUT2D eigenvalue weighted by atomic mass is 16.6. The minimum absolute atomic E-state index is 0.0733. The number of fused-ring (bicyclic) bond motifs is 1. The Labute approximate surface area is 165 Å². The summed E-state index contributed by atoms with van der Waals surface area (Å²) in [5.41, 5.74) is 3.26. The molecule has 0 radical (unpaired) electrons. The summed E-state index contributed by atoms with van der Waals surface area (Å²) in [4.78, 5) is 38.2. The molecule has 2 aliphatic heterocycles. The van der Waals surface area contributed by atoms with Gasteiger partial charge in [-0.3, -0.25) is 19.4 Å².